The Bertz CT molecular complexity index is 8.00. The molecule has 0 amide bonds. The molecule has 0 saturated carbocycles. The van der Waals surface area contributed by atoms with Gasteiger partial charge in [0.25, 0.3) is 0 Å². The van der Waals surface area contributed by atoms with E-state index >= 15 is 0 Å². The molecule has 0 aromatic rings. The van der Waals surface area contributed by atoms with Crippen LogP contribution < -0.4 is 0 Å². The quantitative estimate of drug-likeness (QED) is 0.541. The van der Waals surface area contributed by atoms with E-state index in [9.17, 15) is 3.56 Å². The van der Waals surface area contributed by atoms with Crippen molar-refractivity contribution < 1.29 is 52.9 Å². The summed E-state index contributed by atoms with van der Waals surface area (Å²) in [6.45, 7) is 0. The monoisotopic (exact) mass is 389 g/mol. The zero-order valence-corrected chi connectivity index (χ0v) is 10.3. The van der Waals surface area contributed by atoms with Crippen LogP contribution in [0.3, 0.4) is 0 Å². The van der Waals surface area contributed by atoms with E-state index in [0.717, 1.165) is 0 Å². The fourth-order valence-electron chi connectivity index (χ4n) is 0. The van der Waals surface area contributed by atoms with Crippen molar-refractivity contribution in [2.45, 2.75) is 0 Å². The summed E-state index contributed by atoms with van der Waals surface area (Å²) in [4.78, 5) is 0. The van der Waals surface area contributed by atoms with Crippen LogP contribution in [0.5, 0.6) is 0 Å². The summed E-state index contributed by atoms with van der Waals surface area (Å²) in [5.74, 6) is 0. The van der Waals surface area contributed by atoms with E-state index in [1.165, 1.54) is 16.4 Å². The van der Waals surface area contributed by atoms with Crippen molar-refractivity contribution in [3.05, 3.63) is 0 Å². The summed E-state index contributed by atoms with van der Waals surface area (Å²) in [7, 11) is 0. The zero-order chi connectivity index (χ0) is 2.00. The molecule has 0 aliphatic heterocycles. The Morgan fingerprint density at radius 3 is 1.25 bits per heavy atom. The van der Waals surface area contributed by atoms with Gasteiger partial charge in [-0.2, -0.15) is 3.56 Å². The van der Waals surface area contributed by atoms with E-state index in [1.54, 1.807) is 0 Å². The van der Waals surface area contributed by atoms with Crippen LogP contribution in [-0.4, -0.2) is 48.9 Å². The fourth-order valence-corrected chi connectivity index (χ4v) is 0. The van der Waals surface area contributed by atoms with Crippen LogP contribution in [0.1, 0.15) is 0 Å². The Morgan fingerprint density at radius 2 is 1.25 bits per heavy atom. The molecule has 0 saturated heterocycles. The Balaban J connectivity index is -0.00000000500. The molecule has 0 spiro atoms. The Hall–Kier alpha value is 3.57. The molecule has 0 bridgehead atoms. The minimum Gasteiger partial charge on any atom is -0.158 e. The first-order chi connectivity index (χ1) is 1.00. The van der Waals surface area contributed by atoms with Gasteiger partial charge in [-0.1, -0.05) is 0 Å². The van der Waals surface area contributed by atoms with Crippen LogP contribution in [0, 0.1) is 49.4 Å². The Labute approximate surface area is 114 Å². The Kier molecular flexibility index (Phi) is 62.6. The minimum absolute atomic E-state index is 0. The fraction of sp³-hybridized carbons (Fsp3) is 0. The van der Waals surface area contributed by atoms with Crippen molar-refractivity contribution in [3.8, 4) is 0 Å². The predicted molar refractivity (Wildman–Crippen MR) is 15.8 cm³/mol. The summed E-state index contributed by atoms with van der Waals surface area (Å²) in [5, 5.41) is 0. The molecule has 3 radical (unpaired) electrons. The third-order valence-corrected chi connectivity index (χ3v) is 0. The van der Waals surface area contributed by atoms with Gasteiger partial charge in [-0.15, -0.1) is 0 Å². The number of halogens is 2. The van der Waals surface area contributed by atoms with Gasteiger partial charge in [0.05, 0.1) is 0 Å². The SMILES string of the molecule is FBr.[Ba].[Eu]. The van der Waals surface area contributed by atoms with Gasteiger partial charge in [-0.25, -0.2) is 0 Å². The van der Waals surface area contributed by atoms with E-state index in [1.807, 2.05) is 0 Å². The molecule has 23 valence electrons. The van der Waals surface area contributed by atoms with Crippen LogP contribution in [0.25, 0.3) is 0 Å². The van der Waals surface area contributed by atoms with E-state index in [4.69, 9.17) is 0 Å². The van der Waals surface area contributed by atoms with Gasteiger partial charge in [0.15, 0.2) is 16.4 Å². The predicted octanol–water partition coefficient (Wildman–Crippen LogP) is 0.885. The molecule has 4 heavy (non-hydrogen) atoms. The smallest absolute Gasteiger partial charge is 0.158 e. The minimum atomic E-state index is 0. The maximum absolute atomic E-state index is 9.31. The summed E-state index contributed by atoms with van der Waals surface area (Å²) >= 11 is 1.44. The number of rotatable bonds is 0. The van der Waals surface area contributed by atoms with Crippen LogP contribution >= 0.6 is 16.4 Å². The van der Waals surface area contributed by atoms with Gasteiger partial charge in [-0.05, 0) is 0 Å². The maximum Gasteiger partial charge on any atom is 0.158 e. The summed E-state index contributed by atoms with van der Waals surface area (Å²) in [5.41, 5.74) is 0. The van der Waals surface area contributed by atoms with Gasteiger partial charge in [0.1, 0.15) is 0 Å². The first-order valence-corrected chi connectivity index (χ1v) is 0.742. The van der Waals surface area contributed by atoms with Crippen molar-refractivity contribution in [2.24, 2.45) is 0 Å². The molecule has 0 nitrogen and oxygen atoms in total. The molecule has 0 N–H and O–H groups in total. The van der Waals surface area contributed by atoms with E-state index < -0.39 is 0 Å². The van der Waals surface area contributed by atoms with Crippen LogP contribution in [0.2, 0.25) is 0 Å². The summed E-state index contributed by atoms with van der Waals surface area (Å²) in [6, 6.07) is 0. The molecule has 0 aliphatic rings. The van der Waals surface area contributed by atoms with Crippen molar-refractivity contribution in [1.82, 2.24) is 0 Å². The molecule has 0 heterocycles. The van der Waals surface area contributed by atoms with Gasteiger partial charge in [0, 0.05) is 98.3 Å². The second-order valence-electron chi connectivity index (χ2n) is 0. The molecular formula is BaBrEuF. The van der Waals surface area contributed by atoms with Gasteiger partial charge in [-0.3, -0.25) is 0 Å². The Morgan fingerprint density at radius 1 is 1.25 bits per heavy atom. The van der Waals surface area contributed by atoms with E-state index in [-0.39, 0.29) is 98.3 Å². The average Bonchev–Trinajstić information content (AvgIpc) is 1.00. The first kappa shape index (κ1) is 15.6. The molecule has 0 fully saturated rings. The van der Waals surface area contributed by atoms with Crippen molar-refractivity contribution in [2.75, 3.05) is 0 Å². The molecule has 0 rings (SSSR count). The summed E-state index contributed by atoms with van der Waals surface area (Å²) < 4.78 is 9.31. The van der Waals surface area contributed by atoms with Gasteiger partial charge in [0.2, 0.25) is 0 Å². The van der Waals surface area contributed by atoms with Gasteiger partial charge < -0.3 is 0 Å². The molecule has 0 aliphatic carbocycles. The average molecular weight is 388 g/mol. The molecular weight excluding hydrogens is 388 g/mol. The largest absolute Gasteiger partial charge is 0.158 e. The molecule has 0 aromatic heterocycles. The first-order valence-electron chi connectivity index (χ1n) is 0.143. The maximum atomic E-state index is 9.31. The van der Waals surface area contributed by atoms with Crippen molar-refractivity contribution in [3.63, 3.8) is 0 Å². The second-order valence-corrected chi connectivity index (χ2v) is 0. The van der Waals surface area contributed by atoms with Crippen molar-refractivity contribution >= 4 is 65.3 Å². The van der Waals surface area contributed by atoms with Crippen LogP contribution in [0.15, 0.2) is 0 Å². The third kappa shape index (κ3) is 9.13. The van der Waals surface area contributed by atoms with Gasteiger partial charge >= 0.3 is 0 Å². The zero-order valence-electron chi connectivity index (χ0n) is 1.84. The number of hydrogen-bond donors (Lipinski definition) is 0. The molecule has 0 aromatic carbocycles. The van der Waals surface area contributed by atoms with E-state index in [2.05, 4.69) is 0 Å². The van der Waals surface area contributed by atoms with Crippen molar-refractivity contribution in [1.29, 1.82) is 0 Å². The number of hydrogen-bond acceptors (Lipinski definition) is 0. The van der Waals surface area contributed by atoms with Crippen LogP contribution in [0.4, 0.5) is 3.56 Å². The topological polar surface area (TPSA) is 0 Å². The standard InChI is InChI=1S/Ba.BrF.Eu/c;1-2;. The summed E-state index contributed by atoms with van der Waals surface area (Å²) in [6.07, 6.45) is 0. The third-order valence-electron chi connectivity index (χ3n) is 0. The molecule has 0 atom stereocenters. The molecule has 4 heteroatoms. The van der Waals surface area contributed by atoms with Crippen LogP contribution in [-0.2, 0) is 0 Å². The van der Waals surface area contributed by atoms with E-state index in [0.29, 0.717) is 0 Å². The second kappa shape index (κ2) is 16.0. The normalized spacial score (nSPS) is 1.50. The molecule has 0 unspecified atom stereocenters.